The molecule has 0 spiro atoms. The van der Waals surface area contributed by atoms with Gasteiger partial charge >= 0.3 is 11.7 Å². The zero-order valence-corrected chi connectivity index (χ0v) is 13.3. The molecule has 0 aliphatic carbocycles. The van der Waals surface area contributed by atoms with E-state index >= 15 is 0 Å². The summed E-state index contributed by atoms with van der Waals surface area (Å²) < 4.78 is 17.4. The van der Waals surface area contributed by atoms with Crippen LogP contribution in [0.4, 0.5) is 9.18 Å². The van der Waals surface area contributed by atoms with Gasteiger partial charge < -0.3 is 5.32 Å². The van der Waals surface area contributed by atoms with Crippen LogP contribution in [0, 0.1) is 5.82 Å². The number of benzene rings is 1. The molecule has 2 N–H and O–H groups in total. The number of aromatic nitrogens is 2. The highest BCUT2D eigenvalue weighted by atomic mass is 32.1. The quantitative estimate of drug-likeness (QED) is 0.907. The van der Waals surface area contributed by atoms with Crippen LogP contribution in [0.1, 0.15) is 32.3 Å². The van der Waals surface area contributed by atoms with Crippen LogP contribution in [-0.4, -0.2) is 21.5 Å². The van der Waals surface area contributed by atoms with E-state index in [4.69, 9.17) is 0 Å². The monoisotopic (exact) mass is 324 g/mol. The van der Waals surface area contributed by atoms with Crippen molar-refractivity contribution in [2.75, 3.05) is 6.54 Å². The van der Waals surface area contributed by atoms with E-state index in [-0.39, 0.29) is 10.7 Å². The fourth-order valence-electron chi connectivity index (χ4n) is 2.03. The van der Waals surface area contributed by atoms with Crippen molar-refractivity contribution in [3.05, 3.63) is 44.9 Å². The molecule has 6 nitrogen and oxygen atoms in total. The van der Waals surface area contributed by atoms with Crippen molar-refractivity contribution in [3.8, 4) is 5.69 Å². The summed E-state index contributed by atoms with van der Waals surface area (Å²) in [5, 5.41) is 2.53. The van der Waals surface area contributed by atoms with Gasteiger partial charge in [0, 0.05) is 6.54 Å². The van der Waals surface area contributed by atoms with Gasteiger partial charge in [-0.05, 0) is 42.1 Å². The minimum atomic E-state index is -0.547. The lowest BCUT2D eigenvalue weighted by Crippen LogP contribution is -2.29. The first-order valence-corrected chi connectivity index (χ1v) is 7.68. The van der Waals surface area contributed by atoms with Crippen molar-refractivity contribution in [1.29, 1.82) is 0 Å². The van der Waals surface area contributed by atoms with Gasteiger partial charge in [0.1, 0.15) is 5.82 Å². The van der Waals surface area contributed by atoms with Crippen LogP contribution < -0.4 is 15.8 Å². The summed E-state index contributed by atoms with van der Waals surface area (Å²) >= 11 is 0.927. The second-order valence-electron chi connectivity index (χ2n) is 4.93. The topological polar surface area (TPSA) is 79.2 Å². The summed E-state index contributed by atoms with van der Waals surface area (Å²) in [5.41, 5.74) is 0.726. The Balaban J connectivity index is 2.69. The third kappa shape index (κ3) is 3.33. The molecule has 1 aromatic heterocycles. The molecule has 0 atom stereocenters. The summed E-state index contributed by atoms with van der Waals surface area (Å²) in [6, 6.07) is 3.71. The summed E-state index contributed by atoms with van der Waals surface area (Å²) in [6.07, 6.45) is 0. The Hall–Kier alpha value is -2.22. The van der Waals surface area contributed by atoms with E-state index in [0.29, 0.717) is 12.2 Å². The summed E-state index contributed by atoms with van der Waals surface area (Å²) in [4.78, 5) is 27.7. The van der Waals surface area contributed by atoms with Gasteiger partial charge in [0.25, 0.3) is 0 Å². The maximum Gasteiger partial charge on any atom is 0.343 e. The van der Waals surface area contributed by atoms with Crippen molar-refractivity contribution >= 4 is 17.6 Å². The minimum absolute atomic E-state index is 0.0831. The predicted octanol–water partition coefficient (Wildman–Crippen LogP) is 2.12. The van der Waals surface area contributed by atoms with Crippen molar-refractivity contribution in [2.45, 2.75) is 26.7 Å². The zero-order chi connectivity index (χ0) is 16.3. The average molecular weight is 324 g/mol. The van der Waals surface area contributed by atoms with Crippen molar-refractivity contribution in [2.24, 2.45) is 4.99 Å². The van der Waals surface area contributed by atoms with E-state index in [1.165, 1.54) is 16.7 Å². The molecule has 2 rings (SSSR count). The van der Waals surface area contributed by atoms with E-state index in [9.17, 15) is 14.0 Å². The van der Waals surface area contributed by atoms with Gasteiger partial charge in [0.15, 0.2) is 0 Å². The minimum Gasteiger partial charge on any atom is -0.336 e. The molecule has 0 bridgehead atoms. The van der Waals surface area contributed by atoms with Crippen molar-refractivity contribution in [1.82, 2.24) is 14.3 Å². The number of nitrogens with zero attached hydrogens (tertiary/aromatic N) is 2. The molecule has 0 unspecified atom stereocenters. The van der Waals surface area contributed by atoms with Gasteiger partial charge in [-0.2, -0.15) is 4.99 Å². The van der Waals surface area contributed by atoms with E-state index < -0.39 is 17.5 Å². The molecule has 1 aromatic carbocycles. The van der Waals surface area contributed by atoms with Gasteiger partial charge in [-0.15, -0.1) is 0 Å². The smallest absolute Gasteiger partial charge is 0.336 e. The van der Waals surface area contributed by atoms with Crippen LogP contribution in [0.3, 0.4) is 0 Å². The number of carbonyl (C=O) groups excluding carboxylic acids is 1. The number of rotatable bonds is 3. The maximum atomic E-state index is 13.6. The van der Waals surface area contributed by atoms with E-state index in [2.05, 4.69) is 14.7 Å². The third-order valence-corrected chi connectivity index (χ3v) is 3.74. The highest BCUT2D eigenvalue weighted by Gasteiger charge is 2.14. The first-order valence-electron chi connectivity index (χ1n) is 6.87. The molecular formula is C14H17FN4O2S. The van der Waals surface area contributed by atoms with Gasteiger partial charge in [0.05, 0.1) is 5.69 Å². The van der Waals surface area contributed by atoms with Gasteiger partial charge in [-0.25, -0.2) is 18.5 Å². The number of carbonyl (C=O) groups is 1. The van der Waals surface area contributed by atoms with Crippen LogP contribution in [0.2, 0.25) is 0 Å². The molecular weight excluding hydrogens is 307 g/mol. The fourth-order valence-corrected chi connectivity index (χ4v) is 2.70. The van der Waals surface area contributed by atoms with E-state index in [1.54, 1.807) is 13.0 Å². The standard InChI is InChI=1S/C14H17FN4O2S/c1-4-16-12(20)17-14-19(13(21)18-22-14)11-7-9(15)5-6-10(11)8(2)3/h5-8H,4H2,1-3H3,(H,16,20)(H,18,21). The zero-order valence-electron chi connectivity index (χ0n) is 12.5. The molecule has 0 radical (unpaired) electrons. The molecule has 0 aliphatic heterocycles. The Morgan fingerprint density at radius 3 is 2.86 bits per heavy atom. The summed E-state index contributed by atoms with van der Waals surface area (Å²) in [5.74, 6) is -0.374. The SMILES string of the molecule is CCNC(=O)N=c1s[nH]c(=O)n1-c1cc(F)ccc1C(C)C. The number of urea groups is 1. The van der Waals surface area contributed by atoms with Crippen molar-refractivity contribution < 1.29 is 9.18 Å². The normalized spacial score (nSPS) is 12.0. The molecule has 0 saturated heterocycles. The number of amides is 2. The van der Waals surface area contributed by atoms with Crippen LogP contribution in [-0.2, 0) is 0 Å². The number of nitrogens with one attached hydrogen (secondary N) is 2. The predicted molar refractivity (Wildman–Crippen MR) is 82.9 cm³/mol. The molecule has 2 aromatic rings. The number of hydrogen-bond donors (Lipinski definition) is 2. The number of halogens is 1. The highest BCUT2D eigenvalue weighted by molar-refractivity contribution is 7.02. The van der Waals surface area contributed by atoms with Crippen molar-refractivity contribution in [3.63, 3.8) is 0 Å². The maximum absolute atomic E-state index is 13.6. The van der Waals surface area contributed by atoms with Gasteiger partial charge in [-0.1, -0.05) is 19.9 Å². The van der Waals surface area contributed by atoms with Gasteiger partial charge in [-0.3, -0.25) is 4.37 Å². The molecule has 1 heterocycles. The van der Waals surface area contributed by atoms with Crippen LogP contribution in [0.5, 0.6) is 0 Å². The fraction of sp³-hybridized carbons (Fsp3) is 0.357. The van der Waals surface area contributed by atoms with Crippen LogP contribution in [0.15, 0.2) is 28.0 Å². The lowest BCUT2D eigenvalue weighted by Gasteiger charge is -2.12. The molecule has 0 aliphatic rings. The Labute approximate surface area is 130 Å². The lowest BCUT2D eigenvalue weighted by atomic mass is 10.0. The molecule has 22 heavy (non-hydrogen) atoms. The number of hydrogen-bond acceptors (Lipinski definition) is 3. The summed E-state index contributed by atoms with van der Waals surface area (Å²) in [6.45, 7) is 6.08. The first-order chi connectivity index (χ1) is 10.4. The molecule has 0 fully saturated rings. The molecule has 8 heteroatoms. The summed E-state index contributed by atoms with van der Waals surface area (Å²) in [7, 11) is 0. The lowest BCUT2D eigenvalue weighted by molar-refractivity contribution is 0.249. The molecule has 2 amide bonds. The Morgan fingerprint density at radius 2 is 2.23 bits per heavy atom. The van der Waals surface area contributed by atoms with Crippen LogP contribution >= 0.6 is 11.5 Å². The Morgan fingerprint density at radius 1 is 1.50 bits per heavy atom. The number of aromatic amines is 1. The average Bonchev–Trinajstić information content (AvgIpc) is 2.79. The Bertz CT molecular complexity index is 804. The van der Waals surface area contributed by atoms with E-state index in [0.717, 1.165) is 17.1 Å². The van der Waals surface area contributed by atoms with Crippen LogP contribution in [0.25, 0.3) is 5.69 Å². The second-order valence-corrected chi connectivity index (χ2v) is 5.71. The largest absolute Gasteiger partial charge is 0.343 e. The Kier molecular flexibility index (Phi) is 4.92. The molecule has 118 valence electrons. The van der Waals surface area contributed by atoms with Gasteiger partial charge in [0.2, 0.25) is 4.80 Å². The third-order valence-electron chi connectivity index (χ3n) is 3.00. The number of H-pyrrole nitrogens is 1. The first kappa shape index (κ1) is 16.2. The van der Waals surface area contributed by atoms with E-state index in [1.807, 2.05) is 13.8 Å². The second kappa shape index (κ2) is 6.69. The highest BCUT2D eigenvalue weighted by Crippen LogP contribution is 2.22. The molecule has 0 saturated carbocycles.